The fourth-order valence-electron chi connectivity index (χ4n) is 1.04. The number of amides is 1. The van der Waals surface area contributed by atoms with Crippen LogP contribution in [0.3, 0.4) is 0 Å². The third-order valence-corrected chi connectivity index (χ3v) is 1.94. The average molecular weight is 231 g/mol. The van der Waals surface area contributed by atoms with E-state index < -0.39 is 11.9 Å². The number of nitrogens with one attached hydrogen (secondary N) is 1. The average Bonchev–Trinajstić information content (AvgIpc) is 2.31. The predicted molar refractivity (Wildman–Crippen MR) is 55.5 cm³/mol. The van der Waals surface area contributed by atoms with Gasteiger partial charge in [-0.25, -0.2) is 4.79 Å². The lowest BCUT2D eigenvalue weighted by molar-refractivity contribution is -0.152. The molecule has 0 aliphatic carbocycles. The molecule has 92 valence electrons. The Labute approximate surface area is 94.3 Å². The summed E-state index contributed by atoms with van der Waals surface area (Å²) in [4.78, 5) is 32.3. The molecule has 0 heterocycles. The lowest BCUT2D eigenvalue weighted by Crippen LogP contribution is -2.32. The standard InChI is InChI=1S/C10H17NO5/c1-15-8(12)6-4-3-5-7-11-9(13)10(14)16-2/h3-7H2,1-2H3,(H,11,13). The van der Waals surface area contributed by atoms with Crippen LogP contribution in [0.15, 0.2) is 0 Å². The maximum absolute atomic E-state index is 10.9. The third-order valence-electron chi connectivity index (χ3n) is 1.94. The van der Waals surface area contributed by atoms with E-state index in [-0.39, 0.29) is 5.97 Å². The first kappa shape index (κ1) is 14.4. The Morgan fingerprint density at radius 3 is 2.25 bits per heavy atom. The van der Waals surface area contributed by atoms with Crippen molar-refractivity contribution in [3.8, 4) is 0 Å². The van der Waals surface area contributed by atoms with Crippen LogP contribution in [0.2, 0.25) is 0 Å². The Hall–Kier alpha value is -1.59. The molecule has 0 radical (unpaired) electrons. The summed E-state index contributed by atoms with van der Waals surface area (Å²) in [5.74, 6) is -1.87. The van der Waals surface area contributed by atoms with Crippen LogP contribution in [0.1, 0.15) is 25.7 Å². The molecule has 0 aromatic heterocycles. The molecular formula is C10H17NO5. The van der Waals surface area contributed by atoms with E-state index in [2.05, 4.69) is 14.8 Å². The number of carbonyl (C=O) groups is 3. The van der Waals surface area contributed by atoms with E-state index >= 15 is 0 Å². The van der Waals surface area contributed by atoms with Crippen molar-refractivity contribution in [2.24, 2.45) is 0 Å². The minimum Gasteiger partial charge on any atom is -0.469 e. The smallest absolute Gasteiger partial charge is 0.396 e. The van der Waals surface area contributed by atoms with Crippen LogP contribution in [0.4, 0.5) is 0 Å². The van der Waals surface area contributed by atoms with Gasteiger partial charge in [0.05, 0.1) is 14.2 Å². The molecule has 0 saturated heterocycles. The van der Waals surface area contributed by atoms with E-state index in [0.29, 0.717) is 25.8 Å². The molecule has 6 nitrogen and oxygen atoms in total. The molecule has 16 heavy (non-hydrogen) atoms. The van der Waals surface area contributed by atoms with Gasteiger partial charge in [0.25, 0.3) is 0 Å². The first-order valence-corrected chi connectivity index (χ1v) is 5.04. The summed E-state index contributed by atoms with van der Waals surface area (Å²) in [5, 5.41) is 2.41. The second kappa shape index (κ2) is 8.70. The summed E-state index contributed by atoms with van der Waals surface area (Å²) in [6, 6.07) is 0. The van der Waals surface area contributed by atoms with Crippen molar-refractivity contribution in [1.29, 1.82) is 0 Å². The number of hydrogen-bond donors (Lipinski definition) is 1. The highest BCUT2D eigenvalue weighted by molar-refractivity contribution is 6.32. The van der Waals surface area contributed by atoms with Crippen LogP contribution in [0.25, 0.3) is 0 Å². The summed E-state index contributed by atoms with van der Waals surface area (Å²) in [5.41, 5.74) is 0. The number of hydrogen-bond acceptors (Lipinski definition) is 5. The van der Waals surface area contributed by atoms with Gasteiger partial charge in [-0.05, 0) is 12.8 Å². The summed E-state index contributed by atoms with van der Waals surface area (Å²) in [6.07, 6.45) is 2.58. The second-order valence-corrected chi connectivity index (χ2v) is 3.13. The molecule has 0 aromatic rings. The molecule has 0 aromatic carbocycles. The number of methoxy groups -OCH3 is 2. The highest BCUT2D eigenvalue weighted by Gasteiger charge is 2.11. The van der Waals surface area contributed by atoms with Gasteiger partial charge in [-0.15, -0.1) is 0 Å². The van der Waals surface area contributed by atoms with Gasteiger partial charge in [-0.3, -0.25) is 9.59 Å². The Balaban J connectivity index is 3.37. The quantitative estimate of drug-likeness (QED) is 0.395. The summed E-state index contributed by atoms with van der Waals surface area (Å²) in [6.45, 7) is 0.398. The maximum atomic E-state index is 10.9. The first-order chi connectivity index (χ1) is 7.61. The van der Waals surface area contributed by atoms with Gasteiger partial charge in [0.2, 0.25) is 0 Å². The minimum absolute atomic E-state index is 0.237. The second-order valence-electron chi connectivity index (χ2n) is 3.13. The van der Waals surface area contributed by atoms with E-state index in [9.17, 15) is 14.4 Å². The molecule has 6 heteroatoms. The zero-order chi connectivity index (χ0) is 12.4. The number of ether oxygens (including phenoxy) is 2. The molecule has 0 unspecified atom stereocenters. The predicted octanol–water partition coefficient (Wildman–Crippen LogP) is 0.00900. The fourth-order valence-corrected chi connectivity index (χ4v) is 1.04. The minimum atomic E-state index is -0.894. The van der Waals surface area contributed by atoms with Crippen molar-refractivity contribution in [3.63, 3.8) is 0 Å². The maximum Gasteiger partial charge on any atom is 0.396 e. The van der Waals surface area contributed by atoms with Gasteiger partial charge in [0.15, 0.2) is 0 Å². The lowest BCUT2D eigenvalue weighted by Gasteiger charge is -2.03. The van der Waals surface area contributed by atoms with Crippen molar-refractivity contribution < 1.29 is 23.9 Å². The summed E-state index contributed by atoms with van der Waals surface area (Å²) in [7, 11) is 2.50. The van der Waals surface area contributed by atoms with E-state index in [0.717, 1.165) is 13.5 Å². The normalized spacial score (nSPS) is 9.38. The number of rotatable bonds is 6. The molecule has 0 aliphatic rings. The van der Waals surface area contributed by atoms with Crippen LogP contribution in [-0.2, 0) is 23.9 Å². The third kappa shape index (κ3) is 6.80. The van der Waals surface area contributed by atoms with Crippen molar-refractivity contribution in [1.82, 2.24) is 5.32 Å². The molecule has 0 atom stereocenters. The van der Waals surface area contributed by atoms with E-state index in [1.54, 1.807) is 0 Å². The molecule has 0 aliphatic heterocycles. The molecule has 1 N–H and O–H groups in total. The first-order valence-electron chi connectivity index (χ1n) is 5.04. The van der Waals surface area contributed by atoms with Crippen LogP contribution < -0.4 is 5.32 Å². The SMILES string of the molecule is COC(=O)CCCCCNC(=O)C(=O)OC. The summed E-state index contributed by atoms with van der Waals surface area (Å²) < 4.78 is 8.70. The highest BCUT2D eigenvalue weighted by Crippen LogP contribution is 1.99. The zero-order valence-electron chi connectivity index (χ0n) is 9.58. The van der Waals surface area contributed by atoms with Crippen LogP contribution in [-0.4, -0.2) is 38.6 Å². The van der Waals surface area contributed by atoms with Crippen molar-refractivity contribution in [3.05, 3.63) is 0 Å². The fraction of sp³-hybridized carbons (Fsp3) is 0.700. The van der Waals surface area contributed by atoms with Crippen molar-refractivity contribution in [2.45, 2.75) is 25.7 Å². The number of carbonyl (C=O) groups excluding carboxylic acids is 3. The summed E-state index contributed by atoms with van der Waals surface area (Å²) >= 11 is 0. The Morgan fingerprint density at radius 1 is 1.00 bits per heavy atom. The molecular weight excluding hydrogens is 214 g/mol. The Morgan fingerprint density at radius 2 is 1.69 bits per heavy atom. The molecule has 0 spiro atoms. The zero-order valence-corrected chi connectivity index (χ0v) is 9.58. The van der Waals surface area contributed by atoms with E-state index in [1.807, 2.05) is 0 Å². The number of unbranched alkanes of at least 4 members (excludes halogenated alkanes) is 2. The van der Waals surface area contributed by atoms with E-state index in [4.69, 9.17) is 0 Å². The molecule has 0 fully saturated rings. The van der Waals surface area contributed by atoms with Crippen LogP contribution in [0.5, 0.6) is 0 Å². The van der Waals surface area contributed by atoms with Crippen LogP contribution >= 0.6 is 0 Å². The lowest BCUT2D eigenvalue weighted by atomic mass is 10.2. The van der Waals surface area contributed by atoms with Gasteiger partial charge < -0.3 is 14.8 Å². The Bertz CT molecular complexity index is 252. The Kier molecular flexibility index (Phi) is 7.83. The molecule has 1 amide bonds. The molecule has 0 saturated carbocycles. The monoisotopic (exact) mass is 231 g/mol. The van der Waals surface area contributed by atoms with Gasteiger partial charge in [-0.2, -0.15) is 0 Å². The van der Waals surface area contributed by atoms with Crippen molar-refractivity contribution in [2.75, 3.05) is 20.8 Å². The number of esters is 2. The highest BCUT2D eigenvalue weighted by atomic mass is 16.5. The van der Waals surface area contributed by atoms with Gasteiger partial charge in [0.1, 0.15) is 0 Å². The van der Waals surface area contributed by atoms with Gasteiger partial charge in [-0.1, -0.05) is 6.42 Å². The largest absolute Gasteiger partial charge is 0.469 e. The van der Waals surface area contributed by atoms with Gasteiger partial charge in [0, 0.05) is 13.0 Å². The topological polar surface area (TPSA) is 81.7 Å². The molecule has 0 bridgehead atoms. The molecule has 0 rings (SSSR count). The van der Waals surface area contributed by atoms with Crippen LogP contribution in [0, 0.1) is 0 Å². The van der Waals surface area contributed by atoms with Crippen molar-refractivity contribution >= 4 is 17.8 Å². The van der Waals surface area contributed by atoms with E-state index in [1.165, 1.54) is 7.11 Å². The van der Waals surface area contributed by atoms with Gasteiger partial charge >= 0.3 is 17.8 Å².